The molecule has 0 N–H and O–H groups in total. The molecule has 2 rings (SSSR count). The van der Waals surface area contributed by atoms with Gasteiger partial charge < -0.3 is 4.84 Å². The van der Waals surface area contributed by atoms with Crippen molar-refractivity contribution in [1.82, 2.24) is 4.98 Å². The first-order valence-electron chi connectivity index (χ1n) is 5.52. The normalized spacial score (nSPS) is 8.67. The molecule has 0 radical (unpaired) electrons. The minimum absolute atomic E-state index is 0.989. The molecule has 0 saturated heterocycles. The SMILES string of the molecule is C=CON=C.c1ccc(Cc2ccncc2)cc1. The van der Waals surface area contributed by atoms with Gasteiger partial charge in [0.2, 0.25) is 0 Å². The van der Waals surface area contributed by atoms with Crippen LogP contribution in [0, 0.1) is 0 Å². The van der Waals surface area contributed by atoms with Crippen molar-refractivity contribution < 1.29 is 4.84 Å². The second-order valence-electron chi connectivity index (χ2n) is 3.42. The number of rotatable bonds is 4. The maximum atomic E-state index is 4.11. The molecule has 0 spiro atoms. The summed E-state index contributed by atoms with van der Waals surface area (Å²) in [6, 6.07) is 14.5. The van der Waals surface area contributed by atoms with Crippen molar-refractivity contribution in [1.29, 1.82) is 0 Å². The van der Waals surface area contributed by atoms with Crippen molar-refractivity contribution in [2.75, 3.05) is 0 Å². The van der Waals surface area contributed by atoms with Crippen LogP contribution in [0.15, 0.2) is 72.9 Å². The molecule has 0 aliphatic carbocycles. The predicted molar refractivity (Wildman–Crippen MR) is 74.3 cm³/mol. The summed E-state index contributed by atoms with van der Waals surface area (Å²) in [7, 11) is 0. The predicted octanol–water partition coefficient (Wildman–Crippen LogP) is 3.43. The maximum absolute atomic E-state index is 4.11. The van der Waals surface area contributed by atoms with Gasteiger partial charge in [0.1, 0.15) is 6.26 Å². The van der Waals surface area contributed by atoms with Crippen molar-refractivity contribution in [2.45, 2.75) is 6.42 Å². The van der Waals surface area contributed by atoms with Crippen molar-refractivity contribution >= 4 is 6.72 Å². The van der Waals surface area contributed by atoms with Crippen molar-refractivity contribution in [3.05, 3.63) is 78.8 Å². The molecule has 0 aliphatic rings. The zero-order chi connectivity index (χ0) is 13.1. The van der Waals surface area contributed by atoms with Crippen LogP contribution in [0.25, 0.3) is 0 Å². The molecule has 3 heteroatoms. The molecule has 0 bridgehead atoms. The van der Waals surface area contributed by atoms with Crippen LogP contribution in [-0.4, -0.2) is 11.7 Å². The summed E-state index contributed by atoms with van der Waals surface area (Å²) in [6.07, 6.45) is 5.85. The highest BCUT2D eigenvalue weighted by molar-refractivity contribution is 5.23. The summed E-state index contributed by atoms with van der Waals surface area (Å²) in [6.45, 7) is 6.20. The van der Waals surface area contributed by atoms with Gasteiger partial charge in [0.05, 0.1) is 0 Å². The Balaban J connectivity index is 0.000000280. The fourth-order valence-corrected chi connectivity index (χ4v) is 1.38. The van der Waals surface area contributed by atoms with Crippen LogP contribution in [0.5, 0.6) is 0 Å². The van der Waals surface area contributed by atoms with E-state index in [1.54, 1.807) is 0 Å². The third-order valence-corrected chi connectivity index (χ3v) is 2.15. The smallest absolute Gasteiger partial charge is 0.114 e. The average molecular weight is 240 g/mol. The van der Waals surface area contributed by atoms with Crippen LogP contribution in [0.2, 0.25) is 0 Å². The lowest BCUT2D eigenvalue weighted by molar-refractivity contribution is 0.273. The van der Waals surface area contributed by atoms with E-state index in [0.29, 0.717) is 0 Å². The second-order valence-corrected chi connectivity index (χ2v) is 3.42. The molecule has 92 valence electrons. The zero-order valence-corrected chi connectivity index (χ0v) is 10.2. The summed E-state index contributed by atoms with van der Waals surface area (Å²) in [5.41, 5.74) is 2.65. The molecular formula is C15H16N2O. The van der Waals surface area contributed by atoms with E-state index in [0.717, 1.165) is 6.42 Å². The Hall–Kier alpha value is -2.42. The Morgan fingerprint density at radius 2 is 1.67 bits per heavy atom. The number of benzene rings is 1. The van der Waals surface area contributed by atoms with Crippen LogP contribution in [-0.2, 0) is 11.3 Å². The summed E-state index contributed by atoms with van der Waals surface area (Å²) < 4.78 is 0. The lowest BCUT2D eigenvalue weighted by atomic mass is 10.1. The molecule has 1 aromatic heterocycles. The average Bonchev–Trinajstić information content (AvgIpc) is 2.43. The van der Waals surface area contributed by atoms with E-state index >= 15 is 0 Å². The minimum atomic E-state index is 0.989. The van der Waals surface area contributed by atoms with E-state index in [2.05, 4.69) is 52.5 Å². The van der Waals surface area contributed by atoms with E-state index in [1.807, 2.05) is 30.6 Å². The van der Waals surface area contributed by atoms with Crippen molar-refractivity contribution in [3.63, 3.8) is 0 Å². The Morgan fingerprint density at radius 1 is 1.06 bits per heavy atom. The van der Waals surface area contributed by atoms with Gasteiger partial charge in [-0.2, -0.15) is 0 Å². The van der Waals surface area contributed by atoms with Crippen LogP contribution >= 0.6 is 0 Å². The maximum Gasteiger partial charge on any atom is 0.114 e. The van der Waals surface area contributed by atoms with Crippen LogP contribution in [0.1, 0.15) is 11.1 Å². The lowest BCUT2D eigenvalue weighted by Gasteiger charge is -1.99. The van der Waals surface area contributed by atoms with Gasteiger partial charge in [0.15, 0.2) is 0 Å². The highest BCUT2D eigenvalue weighted by Gasteiger charge is 1.93. The summed E-state index contributed by atoms with van der Waals surface area (Å²) >= 11 is 0. The third-order valence-electron chi connectivity index (χ3n) is 2.15. The highest BCUT2D eigenvalue weighted by atomic mass is 16.6. The topological polar surface area (TPSA) is 34.5 Å². The molecule has 0 amide bonds. The van der Waals surface area contributed by atoms with Gasteiger partial charge in [-0.3, -0.25) is 4.98 Å². The summed E-state index contributed by atoms with van der Waals surface area (Å²) in [5.74, 6) is 0. The van der Waals surface area contributed by atoms with E-state index in [4.69, 9.17) is 0 Å². The Labute approximate surface area is 107 Å². The van der Waals surface area contributed by atoms with E-state index in [-0.39, 0.29) is 0 Å². The Kier molecular flexibility index (Phi) is 6.59. The van der Waals surface area contributed by atoms with E-state index in [9.17, 15) is 0 Å². The van der Waals surface area contributed by atoms with Gasteiger partial charge in [-0.1, -0.05) is 42.1 Å². The number of hydrogen-bond acceptors (Lipinski definition) is 3. The summed E-state index contributed by atoms with van der Waals surface area (Å²) in [4.78, 5) is 8.10. The molecule has 2 aromatic rings. The van der Waals surface area contributed by atoms with Gasteiger partial charge in [0, 0.05) is 19.1 Å². The zero-order valence-electron chi connectivity index (χ0n) is 10.2. The Bertz CT molecular complexity index is 411. The lowest BCUT2D eigenvalue weighted by Crippen LogP contribution is -1.86. The van der Waals surface area contributed by atoms with Gasteiger partial charge in [-0.15, -0.1) is 0 Å². The van der Waals surface area contributed by atoms with Crippen molar-refractivity contribution in [2.24, 2.45) is 5.16 Å². The van der Waals surface area contributed by atoms with E-state index in [1.165, 1.54) is 17.4 Å². The van der Waals surface area contributed by atoms with Gasteiger partial charge in [-0.25, -0.2) is 0 Å². The number of aromatic nitrogens is 1. The monoisotopic (exact) mass is 240 g/mol. The highest BCUT2D eigenvalue weighted by Crippen LogP contribution is 2.07. The molecule has 1 aromatic carbocycles. The second kappa shape index (κ2) is 8.70. The van der Waals surface area contributed by atoms with Gasteiger partial charge in [-0.05, 0) is 29.7 Å². The van der Waals surface area contributed by atoms with Gasteiger partial charge in [0.25, 0.3) is 0 Å². The number of pyridine rings is 1. The molecule has 0 saturated carbocycles. The largest absolute Gasteiger partial charge is 0.366 e. The molecule has 0 atom stereocenters. The molecule has 0 fully saturated rings. The fraction of sp³-hybridized carbons (Fsp3) is 0.0667. The van der Waals surface area contributed by atoms with Gasteiger partial charge >= 0.3 is 0 Å². The van der Waals surface area contributed by atoms with E-state index < -0.39 is 0 Å². The number of nitrogens with zero attached hydrogens (tertiary/aromatic N) is 2. The molecule has 3 nitrogen and oxygen atoms in total. The molecule has 18 heavy (non-hydrogen) atoms. The first-order valence-corrected chi connectivity index (χ1v) is 5.52. The minimum Gasteiger partial charge on any atom is -0.366 e. The molecule has 1 heterocycles. The first-order chi connectivity index (χ1) is 8.86. The fourth-order valence-electron chi connectivity index (χ4n) is 1.38. The summed E-state index contributed by atoms with van der Waals surface area (Å²) in [5, 5.41) is 2.99. The number of oxime groups is 1. The molecule has 0 unspecified atom stereocenters. The van der Waals surface area contributed by atoms with Crippen molar-refractivity contribution in [3.8, 4) is 0 Å². The molecular weight excluding hydrogens is 224 g/mol. The molecule has 0 aliphatic heterocycles. The van der Waals surface area contributed by atoms with Crippen LogP contribution in [0.4, 0.5) is 0 Å². The van der Waals surface area contributed by atoms with Crippen LogP contribution < -0.4 is 0 Å². The quantitative estimate of drug-likeness (QED) is 0.466. The van der Waals surface area contributed by atoms with Crippen LogP contribution in [0.3, 0.4) is 0 Å². The standard InChI is InChI=1S/C12H11N.C3H5NO/c1-2-4-11(5-3-1)10-12-6-8-13-9-7-12;1-3-5-4-2/h1-9H,10H2;3H,1-2H2. The Morgan fingerprint density at radius 3 is 2.17 bits per heavy atom. The third kappa shape index (κ3) is 5.61. The number of hydrogen-bond donors (Lipinski definition) is 0. The first kappa shape index (κ1) is 13.6.